The summed E-state index contributed by atoms with van der Waals surface area (Å²) in [5.41, 5.74) is 2.85. The van der Waals surface area contributed by atoms with E-state index in [4.69, 9.17) is 0 Å². The molecule has 0 aliphatic carbocycles. The molecule has 0 saturated carbocycles. The van der Waals surface area contributed by atoms with Crippen LogP contribution in [0, 0.1) is 0 Å². The highest BCUT2D eigenvalue weighted by Crippen LogP contribution is 2.23. The standard InChI is InChI=1S/C10H6N2S/c1-2-4-8-7(3-1)5-11-10-9(8)12-6-13-10/h1-6H. The topological polar surface area (TPSA) is 25.8 Å². The minimum atomic E-state index is 1.01. The number of pyridine rings is 1. The van der Waals surface area contributed by atoms with Gasteiger partial charge in [-0.25, -0.2) is 9.97 Å². The van der Waals surface area contributed by atoms with Gasteiger partial charge in [-0.15, -0.1) is 11.3 Å². The molecule has 3 aromatic rings. The van der Waals surface area contributed by atoms with Crippen LogP contribution in [0.1, 0.15) is 0 Å². The highest BCUT2D eigenvalue weighted by atomic mass is 32.1. The number of fused-ring (bicyclic) bond motifs is 3. The van der Waals surface area contributed by atoms with Gasteiger partial charge >= 0.3 is 0 Å². The van der Waals surface area contributed by atoms with Gasteiger partial charge in [0.1, 0.15) is 10.3 Å². The van der Waals surface area contributed by atoms with Gasteiger partial charge in [0.05, 0.1) is 5.51 Å². The third kappa shape index (κ3) is 0.939. The molecule has 2 nitrogen and oxygen atoms in total. The van der Waals surface area contributed by atoms with Gasteiger partial charge in [0.2, 0.25) is 0 Å². The smallest absolute Gasteiger partial charge is 0.143 e. The molecular formula is C10H6N2S. The SMILES string of the molecule is c1ccc2c(c1)cnc1scnc12. The zero-order valence-electron chi connectivity index (χ0n) is 6.77. The van der Waals surface area contributed by atoms with Crippen molar-refractivity contribution in [2.75, 3.05) is 0 Å². The maximum atomic E-state index is 4.33. The van der Waals surface area contributed by atoms with Crippen LogP contribution < -0.4 is 0 Å². The molecule has 0 aliphatic heterocycles. The van der Waals surface area contributed by atoms with Gasteiger partial charge in [-0.2, -0.15) is 0 Å². The first-order valence-corrected chi connectivity index (χ1v) is 4.90. The fourth-order valence-corrected chi connectivity index (χ4v) is 2.12. The van der Waals surface area contributed by atoms with E-state index in [1.807, 2.05) is 23.8 Å². The van der Waals surface area contributed by atoms with Crippen LogP contribution in [-0.4, -0.2) is 9.97 Å². The molecule has 2 aromatic heterocycles. The Labute approximate surface area is 78.9 Å². The van der Waals surface area contributed by atoms with Crippen molar-refractivity contribution in [3.8, 4) is 0 Å². The van der Waals surface area contributed by atoms with Crippen LogP contribution in [-0.2, 0) is 0 Å². The van der Waals surface area contributed by atoms with Crippen LogP contribution >= 0.6 is 11.3 Å². The number of benzene rings is 1. The van der Waals surface area contributed by atoms with E-state index in [0.29, 0.717) is 0 Å². The van der Waals surface area contributed by atoms with Gasteiger partial charge in [-0.1, -0.05) is 24.3 Å². The quantitative estimate of drug-likeness (QED) is 0.539. The van der Waals surface area contributed by atoms with Crippen LogP contribution in [0.4, 0.5) is 0 Å². The largest absolute Gasteiger partial charge is 0.243 e. The van der Waals surface area contributed by atoms with Crippen LogP contribution in [0.5, 0.6) is 0 Å². The number of hydrogen-bond donors (Lipinski definition) is 0. The third-order valence-corrected chi connectivity index (χ3v) is 2.82. The fraction of sp³-hybridized carbons (Fsp3) is 0. The maximum absolute atomic E-state index is 4.33. The molecule has 0 saturated heterocycles. The Morgan fingerprint density at radius 1 is 1.08 bits per heavy atom. The van der Waals surface area contributed by atoms with E-state index in [2.05, 4.69) is 22.1 Å². The van der Waals surface area contributed by atoms with E-state index in [1.165, 1.54) is 5.39 Å². The van der Waals surface area contributed by atoms with Crippen molar-refractivity contribution in [3.63, 3.8) is 0 Å². The summed E-state index contributed by atoms with van der Waals surface area (Å²) in [5.74, 6) is 0. The van der Waals surface area contributed by atoms with E-state index in [0.717, 1.165) is 15.7 Å². The molecule has 0 unspecified atom stereocenters. The zero-order chi connectivity index (χ0) is 8.67. The number of rotatable bonds is 0. The average Bonchev–Trinajstić information content (AvgIpc) is 2.65. The summed E-state index contributed by atoms with van der Waals surface area (Å²) in [6.45, 7) is 0. The lowest BCUT2D eigenvalue weighted by molar-refractivity contribution is 1.44. The van der Waals surface area contributed by atoms with Gasteiger partial charge in [-0.3, -0.25) is 0 Å². The molecule has 62 valence electrons. The van der Waals surface area contributed by atoms with Gasteiger partial charge in [-0.05, 0) is 0 Å². The number of nitrogens with zero attached hydrogens (tertiary/aromatic N) is 2. The van der Waals surface area contributed by atoms with Crippen molar-refractivity contribution in [3.05, 3.63) is 36.0 Å². The molecule has 0 radical (unpaired) electrons. The van der Waals surface area contributed by atoms with Crippen molar-refractivity contribution >= 4 is 32.5 Å². The second-order valence-electron chi connectivity index (χ2n) is 2.85. The summed E-state index contributed by atoms with van der Waals surface area (Å²) in [7, 11) is 0. The molecule has 1 aromatic carbocycles. The summed E-state index contributed by atoms with van der Waals surface area (Å²) in [5, 5.41) is 2.34. The molecule has 0 N–H and O–H groups in total. The monoisotopic (exact) mass is 186 g/mol. The molecular weight excluding hydrogens is 180 g/mol. The van der Waals surface area contributed by atoms with Gasteiger partial charge < -0.3 is 0 Å². The second kappa shape index (κ2) is 2.50. The van der Waals surface area contributed by atoms with Crippen molar-refractivity contribution in [1.82, 2.24) is 9.97 Å². The van der Waals surface area contributed by atoms with E-state index in [9.17, 15) is 0 Å². The highest BCUT2D eigenvalue weighted by Gasteiger charge is 2.01. The zero-order valence-corrected chi connectivity index (χ0v) is 7.58. The van der Waals surface area contributed by atoms with Crippen molar-refractivity contribution < 1.29 is 0 Å². The molecule has 0 aliphatic rings. The Bertz CT molecular complexity index is 571. The first kappa shape index (κ1) is 6.97. The first-order valence-electron chi connectivity index (χ1n) is 4.02. The summed E-state index contributed by atoms with van der Waals surface area (Å²) in [6, 6.07) is 8.18. The summed E-state index contributed by atoms with van der Waals surface area (Å²) >= 11 is 1.58. The van der Waals surface area contributed by atoms with E-state index in [-0.39, 0.29) is 0 Å². The normalized spacial score (nSPS) is 11.1. The predicted octanol–water partition coefficient (Wildman–Crippen LogP) is 2.84. The Morgan fingerprint density at radius 2 is 2.00 bits per heavy atom. The van der Waals surface area contributed by atoms with E-state index >= 15 is 0 Å². The molecule has 3 heteroatoms. The lowest BCUT2D eigenvalue weighted by atomic mass is 10.2. The molecule has 2 heterocycles. The summed E-state index contributed by atoms with van der Waals surface area (Å²) in [6.07, 6.45) is 1.90. The Hall–Kier alpha value is -1.48. The van der Waals surface area contributed by atoms with Crippen LogP contribution in [0.15, 0.2) is 36.0 Å². The van der Waals surface area contributed by atoms with Crippen LogP contribution in [0.2, 0.25) is 0 Å². The minimum absolute atomic E-state index is 1.01. The predicted molar refractivity (Wildman–Crippen MR) is 54.9 cm³/mol. The number of thiazole rings is 1. The summed E-state index contributed by atoms with van der Waals surface area (Å²) in [4.78, 5) is 9.64. The van der Waals surface area contributed by atoms with Crippen molar-refractivity contribution in [1.29, 1.82) is 0 Å². The van der Waals surface area contributed by atoms with E-state index in [1.54, 1.807) is 11.3 Å². The Kier molecular flexibility index (Phi) is 1.34. The third-order valence-electron chi connectivity index (χ3n) is 2.09. The van der Waals surface area contributed by atoms with Gasteiger partial charge in [0, 0.05) is 17.0 Å². The molecule has 0 amide bonds. The lowest BCUT2D eigenvalue weighted by Gasteiger charge is -1.95. The second-order valence-corrected chi connectivity index (χ2v) is 3.68. The molecule has 0 fully saturated rings. The molecule has 0 bridgehead atoms. The molecule has 0 atom stereocenters. The van der Waals surface area contributed by atoms with Gasteiger partial charge in [0.25, 0.3) is 0 Å². The van der Waals surface area contributed by atoms with Crippen LogP contribution in [0.3, 0.4) is 0 Å². The average molecular weight is 186 g/mol. The highest BCUT2D eigenvalue weighted by molar-refractivity contribution is 7.16. The minimum Gasteiger partial charge on any atom is -0.243 e. The number of hydrogen-bond acceptors (Lipinski definition) is 3. The van der Waals surface area contributed by atoms with Gasteiger partial charge in [0.15, 0.2) is 0 Å². The Balaban J connectivity index is 2.65. The Morgan fingerprint density at radius 3 is 3.00 bits per heavy atom. The maximum Gasteiger partial charge on any atom is 0.143 e. The summed E-state index contributed by atoms with van der Waals surface area (Å²) < 4.78 is 0. The number of aromatic nitrogens is 2. The van der Waals surface area contributed by atoms with Crippen LogP contribution in [0.25, 0.3) is 21.1 Å². The first-order chi connectivity index (χ1) is 6.45. The fourth-order valence-electron chi connectivity index (χ4n) is 1.47. The van der Waals surface area contributed by atoms with E-state index < -0.39 is 0 Å². The lowest BCUT2D eigenvalue weighted by Crippen LogP contribution is -1.77. The molecule has 3 rings (SSSR count). The van der Waals surface area contributed by atoms with Crippen molar-refractivity contribution in [2.24, 2.45) is 0 Å². The van der Waals surface area contributed by atoms with Crippen molar-refractivity contribution in [2.45, 2.75) is 0 Å². The molecule has 0 spiro atoms. The molecule has 13 heavy (non-hydrogen) atoms.